The molecule has 0 aromatic carbocycles. The van der Waals surface area contributed by atoms with Crippen LogP contribution >= 0.6 is 0 Å². The van der Waals surface area contributed by atoms with E-state index in [1.165, 1.54) is 41.4 Å². The highest BCUT2D eigenvalue weighted by molar-refractivity contribution is 5.99. The highest BCUT2D eigenvalue weighted by atomic mass is 19.1. The highest BCUT2D eigenvalue weighted by Crippen LogP contribution is 2.30. The van der Waals surface area contributed by atoms with Crippen molar-refractivity contribution in [2.45, 2.75) is 12.8 Å². The summed E-state index contributed by atoms with van der Waals surface area (Å²) < 4.78 is 20.5. The monoisotopic (exact) mass is 420 g/mol. The van der Waals surface area contributed by atoms with Gasteiger partial charge in [0, 0.05) is 37.5 Å². The van der Waals surface area contributed by atoms with Gasteiger partial charge in [-0.05, 0) is 24.6 Å². The van der Waals surface area contributed by atoms with Crippen molar-refractivity contribution in [2.24, 2.45) is 7.05 Å². The molecule has 0 amide bonds. The number of nitrogen functional groups attached to an aromatic ring is 1. The fraction of sp³-hybridized carbons (Fsp3) is 0.143. The first-order chi connectivity index (χ1) is 14.9. The van der Waals surface area contributed by atoms with E-state index < -0.39 is 11.6 Å². The van der Waals surface area contributed by atoms with Gasteiger partial charge < -0.3 is 14.7 Å². The Labute approximate surface area is 175 Å². The maximum Gasteiger partial charge on any atom is 0.250 e. The standard InChI is InChI=1S/C21H17FN6O3/c1-28-11-12(4-7-16(28)30)17-19(21-25-9-10-31-21)27-20(23)18(26-17)15(29)6-5-14-13(22)3-2-8-24-14/h2-4,7-11H,5-6H2,1H3,(H2,23,27). The zero-order chi connectivity index (χ0) is 22.0. The number of anilines is 1. The molecule has 0 aliphatic rings. The molecule has 0 spiro atoms. The summed E-state index contributed by atoms with van der Waals surface area (Å²) in [5.41, 5.74) is 6.96. The number of nitrogens with two attached hydrogens (primary N) is 1. The third kappa shape index (κ3) is 4.08. The lowest BCUT2D eigenvalue weighted by Gasteiger charge is -2.11. The van der Waals surface area contributed by atoms with E-state index in [-0.39, 0.29) is 52.9 Å². The van der Waals surface area contributed by atoms with Crippen molar-refractivity contribution in [3.8, 4) is 22.8 Å². The lowest BCUT2D eigenvalue weighted by molar-refractivity contribution is 0.0978. The maximum atomic E-state index is 13.8. The lowest BCUT2D eigenvalue weighted by atomic mass is 10.1. The Balaban J connectivity index is 1.75. The predicted molar refractivity (Wildman–Crippen MR) is 109 cm³/mol. The van der Waals surface area contributed by atoms with Crippen LogP contribution < -0.4 is 11.3 Å². The Morgan fingerprint density at radius 3 is 2.71 bits per heavy atom. The Kier molecular flexibility index (Phi) is 5.35. The van der Waals surface area contributed by atoms with E-state index in [0.717, 1.165) is 0 Å². The summed E-state index contributed by atoms with van der Waals surface area (Å²) in [7, 11) is 1.59. The molecule has 4 heterocycles. The molecule has 156 valence electrons. The minimum absolute atomic E-state index is 0.0577. The van der Waals surface area contributed by atoms with Crippen molar-refractivity contribution >= 4 is 11.6 Å². The van der Waals surface area contributed by atoms with Gasteiger partial charge in [-0.25, -0.2) is 19.3 Å². The molecular weight excluding hydrogens is 403 g/mol. The summed E-state index contributed by atoms with van der Waals surface area (Å²) >= 11 is 0. The molecule has 9 nitrogen and oxygen atoms in total. The Hall–Kier alpha value is -4.21. The van der Waals surface area contributed by atoms with E-state index in [1.807, 2.05) is 0 Å². The summed E-state index contributed by atoms with van der Waals surface area (Å²) in [6, 6.07) is 5.69. The second kappa shape index (κ2) is 8.27. The molecule has 0 fully saturated rings. The van der Waals surface area contributed by atoms with Gasteiger partial charge in [0.15, 0.2) is 17.3 Å². The molecule has 2 N–H and O–H groups in total. The number of aromatic nitrogens is 5. The van der Waals surface area contributed by atoms with Crippen molar-refractivity contribution in [1.29, 1.82) is 0 Å². The molecule has 0 radical (unpaired) electrons. The summed E-state index contributed by atoms with van der Waals surface area (Å²) in [6.07, 6.45) is 5.87. The zero-order valence-corrected chi connectivity index (χ0v) is 16.4. The Morgan fingerprint density at radius 1 is 1.16 bits per heavy atom. The number of hydrogen-bond acceptors (Lipinski definition) is 8. The third-order valence-corrected chi connectivity index (χ3v) is 4.60. The molecule has 0 aliphatic heterocycles. The van der Waals surface area contributed by atoms with Gasteiger partial charge in [0.25, 0.3) is 0 Å². The van der Waals surface area contributed by atoms with Crippen molar-refractivity contribution in [2.75, 3.05) is 5.73 Å². The first-order valence-electron chi connectivity index (χ1n) is 9.31. The number of aryl methyl sites for hydroxylation is 2. The summed E-state index contributed by atoms with van der Waals surface area (Å²) in [5, 5.41) is 0. The Bertz CT molecular complexity index is 1320. The molecular formula is C21H17FN6O3. The Morgan fingerprint density at radius 2 is 2.00 bits per heavy atom. The normalized spacial score (nSPS) is 10.9. The van der Waals surface area contributed by atoms with Gasteiger partial charge in [-0.1, -0.05) is 0 Å². The third-order valence-electron chi connectivity index (χ3n) is 4.60. The maximum absolute atomic E-state index is 13.8. The second-order valence-corrected chi connectivity index (χ2v) is 6.71. The van der Waals surface area contributed by atoms with Gasteiger partial charge in [0.05, 0.1) is 11.9 Å². The number of nitrogens with zero attached hydrogens (tertiary/aromatic N) is 5. The molecule has 0 saturated carbocycles. The van der Waals surface area contributed by atoms with Crippen LogP contribution in [0.5, 0.6) is 0 Å². The SMILES string of the molecule is Cn1cc(-c2nc(C(=O)CCc3ncccc3F)c(N)nc2-c2ncco2)ccc1=O. The van der Waals surface area contributed by atoms with Crippen molar-refractivity contribution in [1.82, 2.24) is 24.5 Å². The fourth-order valence-corrected chi connectivity index (χ4v) is 3.03. The summed E-state index contributed by atoms with van der Waals surface area (Å²) in [5.74, 6) is -0.842. The van der Waals surface area contributed by atoms with Gasteiger partial charge in [0.2, 0.25) is 11.4 Å². The number of carbonyl (C=O) groups excluding carboxylic acids is 1. The molecule has 10 heteroatoms. The van der Waals surface area contributed by atoms with Crippen LogP contribution in [0.2, 0.25) is 0 Å². The predicted octanol–water partition coefficient (Wildman–Crippen LogP) is 2.43. The van der Waals surface area contributed by atoms with Crippen LogP contribution in [0.4, 0.5) is 10.2 Å². The van der Waals surface area contributed by atoms with E-state index in [9.17, 15) is 14.0 Å². The largest absolute Gasteiger partial charge is 0.443 e. The molecule has 31 heavy (non-hydrogen) atoms. The van der Waals surface area contributed by atoms with Gasteiger partial charge in [0.1, 0.15) is 23.5 Å². The highest BCUT2D eigenvalue weighted by Gasteiger charge is 2.22. The number of halogens is 1. The molecule has 0 unspecified atom stereocenters. The molecule has 0 bridgehead atoms. The molecule has 4 aromatic heterocycles. The lowest BCUT2D eigenvalue weighted by Crippen LogP contribution is -2.15. The van der Waals surface area contributed by atoms with Crippen LogP contribution in [0.3, 0.4) is 0 Å². The van der Waals surface area contributed by atoms with Crippen molar-refractivity contribution in [3.05, 3.63) is 76.7 Å². The van der Waals surface area contributed by atoms with Crippen LogP contribution in [-0.2, 0) is 13.5 Å². The van der Waals surface area contributed by atoms with Crippen LogP contribution in [0.25, 0.3) is 22.8 Å². The van der Waals surface area contributed by atoms with E-state index in [0.29, 0.717) is 5.56 Å². The average Bonchev–Trinajstić information content (AvgIpc) is 3.29. The van der Waals surface area contributed by atoms with Gasteiger partial charge in [-0.2, -0.15) is 0 Å². The smallest absolute Gasteiger partial charge is 0.250 e. The summed E-state index contributed by atoms with van der Waals surface area (Å²) in [4.78, 5) is 41.4. The quantitative estimate of drug-likeness (QED) is 0.471. The number of pyridine rings is 2. The van der Waals surface area contributed by atoms with E-state index in [4.69, 9.17) is 10.2 Å². The van der Waals surface area contributed by atoms with Crippen LogP contribution in [0.15, 0.2) is 58.3 Å². The molecule has 0 saturated heterocycles. The number of carbonyl (C=O) groups is 1. The first-order valence-corrected chi connectivity index (χ1v) is 9.31. The minimum atomic E-state index is -0.487. The van der Waals surface area contributed by atoms with Crippen LogP contribution in [-0.4, -0.2) is 30.3 Å². The molecule has 0 aliphatic carbocycles. The number of oxazole rings is 1. The van der Waals surface area contributed by atoms with E-state index in [2.05, 4.69) is 19.9 Å². The summed E-state index contributed by atoms with van der Waals surface area (Å²) in [6.45, 7) is 0. The van der Waals surface area contributed by atoms with Gasteiger partial charge >= 0.3 is 0 Å². The van der Waals surface area contributed by atoms with Crippen LogP contribution in [0, 0.1) is 5.82 Å². The number of rotatable bonds is 6. The van der Waals surface area contributed by atoms with Crippen LogP contribution in [0.1, 0.15) is 22.6 Å². The average molecular weight is 420 g/mol. The number of Topliss-reactive ketones (excluding diaryl/α,β-unsaturated/α-hetero) is 1. The van der Waals surface area contributed by atoms with Crippen molar-refractivity contribution < 1.29 is 13.6 Å². The zero-order valence-electron chi connectivity index (χ0n) is 16.4. The van der Waals surface area contributed by atoms with E-state index >= 15 is 0 Å². The first kappa shape index (κ1) is 20.1. The number of ketones is 1. The second-order valence-electron chi connectivity index (χ2n) is 6.71. The molecule has 0 atom stereocenters. The van der Waals surface area contributed by atoms with Gasteiger partial charge in [-0.15, -0.1) is 0 Å². The minimum Gasteiger partial charge on any atom is -0.443 e. The van der Waals surface area contributed by atoms with Crippen molar-refractivity contribution in [3.63, 3.8) is 0 Å². The van der Waals surface area contributed by atoms with Gasteiger partial charge in [-0.3, -0.25) is 14.6 Å². The topological polar surface area (TPSA) is 130 Å². The fourth-order valence-electron chi connectivity index (χ4n) is 3.03. The molecule has 4 aromatic rings. The number of hydrogen-bond donors (Lipinski definition) is 1. The van der Waals surface area contributed by atoms with E-state index in [1.54, 1.807) is 19.3 Å². The molecule has 4 rings (SSSR count).